The zero-order valence-corrected chi connectivity index (χ0v) is 10.9. The first-order valence-electron chi connectivity index (χ1n) is 6.78. The third-order valence-corrected chi connectivity index (χ3v) is 3.69. The van der Waals surface area contributed by atoms with Gasteiger partial charge in [-0.25, -0.2) is 0 Å². The highest BCUT2D eigenvalue weighted by Gasteiger charge is 2.28. The molecule has 1 saturated heterocycles. The van der Waals surface area contributed by atoms with Crippen molar-refractivity contribution in [2.24, 2.45) is 10.9 Å². The minimum Gasteiger partial charge on any atom is -0.475 e. The van der Waals surface area contributed by atoms with Crippen LogP contribution in [-0.4, -0.2) is 31.6 Å². The molecule has 18 heavy (non-hydrogen) atoms. The third kappa shape index (κ3) is 2.56. The zero-order valence-electron chi connectivity index (χ0n) is 10.9. The molecule has 3 nitrogen and oxygen atoms in total. The fraction of sp³-hybridized carbons (Fsp3) is 0.533. The van der Waals surface area contributed by atoms with Gasteiger partial charge in [-0.05, 0) is 25.5 Å². The Morgan fingerprint density at radius 3 is 3.17 bits per heavy atom. The van der Waals surface area contributed by atoms with E-state index < -0.39 is 0 Å². The molecule has 1 aromatic carbocycles. The number of nitrogens with one attached hydrogen (secondary N) is 1. The fourth-order valence-corrected chi connectivity index (χ4v) is 2.74. The van der Waals surface area contributed by atoms with Crippen LogP contribution in [-0.2, 0) is 11.2 Å². The van der Waals surface area contributed by atoms with Crippen molar-refractivity contribution in [2.45, 2.75) is 25.9 Å². The molecule has 2 atom stereocenters. The van der Waals surface area contributed by atoms with E-state index in [0.717, 1.165) is 38.4 Å². The summed E-state index contributed by atoms with van der Waals surface area (Å²) in [6, 6.07) is 8.65. The number of benzene rings is 1. The first-order valence-corrected chi connectivity index (χ1v) is 6.78. The molecule has 0 aromatic heterocycles. The lowest BCUT2D eigenvalue weighted by molar-refractivity contribution is 0.211. The smallest absolute Gasteiger partial charge is 0.188 e. The minimum absolute atomic E-state index is 0.238. The molecule has 3 rings (SSSR count). The lowest BCUT2D eigenvalue weighted by Crippen LogP contribution is -2.22. The van der Waals surface area contributed by atoms with Crippen molar-refractivity contribution in [3.63, 3.8) is 0 Å². The van der Waals surface area contributed by atoms with Crippen LogP contribution in [0, 0.1) is 12.8 Å². The molecule has 0 saturated carbocycles. The highest BCUT2D eigenvalue weighted by molar-refractivity contribution is 5.80. The van der Waals surface area contributed by atoms with Crippen molar-refractivity contribution < 1.29 is 4.74 Å². The van der Waals surface area contributed by atoms with Crippen LogP contribution < -0.4 is 5.32 Å². The van der Waals surface area contributed by atoms with Gasteiger partial charge in [0.25, 0.3) is 0 Å². The normalized spacial score (nSPS) is 27.1. The highest BCUT2D eigenvalue weighted by atomic mass is 16.5. The Kier molecular flexibility index (Phi) is 3.33. The summed E-state index contributed by atoms with van der Waals surface area (Å²) in [4.78, 5) is 4.57. The van der Waals surface area contributed by atoms with Gasteiger partial charge in [0, 0.05) is 18.9 Å². The number of rotatable bonds is 3. The van der Waals surface area contributed by atoms with E-state index in [9.17, 15) is 0 Å². The largest absolute Gasteiger partial charge is 0.475 e. The summed E-state index contributed by atoms with van der Waals surface area (Å²) in [6.45, 7) is 5.07. The number of aliphatic imine (C=N–C) groups is 1. The van der Waals surface area contributed by atoms with Crippen LogP contribution in [0.1, 0.15) is 17.5 Å². The zero-order chi connectivity index (χ0) is 12.4. The van der Waals surface area contributed by atoms with Crippen LogP contribution in [0.25, 0.3) is 0 Å². The topological polar surface area (TPSA) is 33.6 Å². The van der Waals surface area contributed by atoms with Gasteiger partial charge in [-0.15, -0.1) is 0 Å². The van der Waals surface area contributed by atoms with Gasteiger partial charge in [-0.1, -0.05) is 29.8 Å². The Morgan fingerprint density at radius 1 is 1.44 bits per heavy atom. The van der Waals surface area contributed by atoms with E-state index in [1.165, 1.54) is 11.1 Å². The SMILES string of the molecule is Cc1cccc(CC2CN=C(C3CCNC3)O2)c1. The Morgan fingerprint density at radius 2 is 2.39 bits per heavy atom. The maximum absolute atomic E-state index is 6.00. The van der Waals surface area contributed by atoms with Gasteiger partial charge in [-0.3, -0.25) is 4.99 Å². The van der Waals surface area contributed by atoms with Crippen LogP contribution in [0.3, 0.4) is 0 Å². The fourth-order valence-electron chi connectivity index (χ4n) is 2.74. The van der Waals surface area contributed by atoms with E-state index >= 15 is 0 Å². The molecule has 0 aliphatic carbocycles. The maximum Gasteiger partial charge on any atom is 0.188 e. The predicted molar refractivity (Wildman–Crippen MR) is 73.0 cm³/mol. The Balaban J connectivity index is 1.57. The van der Waals surface area contributed by atoms with E-state index in [1.54, 1.807) is 0 Å². The van der Waals surface area contributed by atoms with Crippen LogP contribution in [0.15, 0.2) is 29.3 Å². The summed E-state index contributed by atoms with van der Waals surface area (Å²) >= 11 is 0. The summed E-state index contributed by atoms with van der Waals surface area (Å²) in [5, 5.41) is 3.36. The molecule has 1 fully saturated rings. The lowest BCUT2D eigenvalue weighted by Gasteiger charge is -2.14. The molecule has 2 heterocycles. The van der Waals surface area contributed by atoms with Gasteiger partial charge in [-0.2, -0.15) is 0 Å². The van der Waals surface area contributed by atoms with Gasteiger partial charge in [0.05, 0.1) is 6.54 Å². The van der Waals surface area contributed by atoms with Gasteiger partial charge in [0.15, 0.2) is 5.90 Å². The van der Waals surface area contributed by atoms with Crippen molar-refractivity contribution in [1.82, 2.24) is 5.32 Å². The average Bonchev–Trinajstić information content (AvgIpc) is 2.98. The second-order valence-corrected chi connectivity index (χ2v) is 5.30. The van der Waals surface area contributed by atoms with Gasteiger partial charge in [0.1, 0.15) is 6.10 Å². The molecular weight excluding hydrogens is 224 g/mol. The van der Waals surface area contributed by atoms with Crippen LogP contribution in [0.5, 0.6) is 0 Å². The van der Waals surface area contributed by atoms with E-state index in [2.05, 4.69) is 41.5 Å². The van der Waals surface area contributed by atoms with Gasteiger partial charge < -0.3 is 10.1 Å². The van der Waals surface area contributed by atoms with E-state index in [1.807, 2.05) is 0 Å². The summed E-state index contributed by atoms with van der Waals surface area (Å²) in [6.07, 6.45) is 2.37. The summed E-state index contributed by atoms with van der Waals surface area (Å²) in [7, 11) is 0. The number of hydrogen-bond acceptors (Lipinski definition) is 3. The van der Waals surface area contributed by atoms with Crippen molar-refractivity contribution in [3.8, 4) is 0 Å². The minimum atomic E-state index is 0.238. The average molecular weight is 244 g/mol. The Hall–Kier alpha value is -1.35. The van der Waals surface area contributed by atoms with Crippen molar-refractivity contribution in [3.05, 3.63) is 35.4 Å². The van der Waals surface area contributed by atoms with Crippen molar-refractivity contribution in [2.75, 3.05) is 19.6 Å². The van der Waals surface area contributed by atoms with Crippen molar-refractivity contribution >= 4 is 5.90 Å². The third-order valence-electron chi connectivity index (χ3n) is 3.69. The van der Waals surface area contributed by atoms with Crippen LogP contribution in [0.4, 0.5) is 0 Å². The molecule has 0 bridgehead atoms. The molecule has 2 aliphatic heterocycles. The van der Waals surface area contributed by atoms with Crippen LogP contribution in [0.2, 0.25) is 0 Å². The monoisotopic (exact) mass is 244 g/mol. The molecule has 3 heteroatoms. The molecule has 96 valence electrons. The Labute approximate surface area is 108 Å². The second kappa shape index (κ2) is 5.11. The van der Waals surface area contributed by atoms with E-state index in [4.69, 9.17) is 4.74 Å². The molecule has 1 aromatic rings. The van der Waals surface area contributed by atoms with Crippen molar-refractivity contribution in [1.29, 1.82) is 0 Å². The van der Waals surface area contributed by atoms with E-state index in [0.29, 0.717) is 5.92 Å². The summed E-state index contributed by atoms with van der Waals surface area (Å²) < 4.78 is 6.00. The van der Waals surface area contributed by atoms with E-state index in [-0.39, 0.29) is 6.10 Å². The number of hydrogen-bond donors (Lipinski definition) is 1. The summed E-state index contributed by atoms with van der Waals surface area (Å²) in [5.41, 5.74) is 2.66. The predicted octanol–water partition coefficient (Wildman–Crippen LogP) is 1.94. The number of nitrogens with zero attached hydrogens (tertiary/aromatic N) is 1. The molecule has 0 amide bonds. The Bertz CT molecular complexity index is 450. The standard InChI is InChI=1S/C15H20N2O/c1-11-3-2-4-12(7-11)8-14-10-17-15(18-14)13-5-6-16-9-13/h2-4,7,13-14,16H,5-6,8-10H2,1H3. The molecule has 0 spiro atoms. The second-order valence-electron chi connectivity index (χ2n) is 5.30. The van der Waals surface area contributed by atoms with Crippen LogP contribution >= 0.6 is 0 Å². The molecule has 1 N–H and O–H groups in total. The molecular formula is C15H20N2O. The highest BCUT2D eigenvalue weighted by Crippen LogP contribution is 2.19. The molecule has 2 aliphatic rings. The lowest BCUT2D eigenvalue weighted by atomic mass is 10.1. The molecule has 0 radical (unpaired) electrons. The number of ether oxygens (including phenoxy) is 1. The quantitative estimate of drug-likeness (QED) is 0.881. The van der Waals surface area contributed by atoms with Gasteiger partial charge >= 0.3 is 0 Å². The van der Waals surface area contributed by atoms with Gasteiger partial charge in [0.2, 0.25) is 0 Å². The summed E-state index contributed by atoms with van der Waals surface area (Å²) in [5.74, 6) is 1.49. The maximum atomic E-state index is 6.00. The number of aryl methyl sites for hydroxylation is 1. The first-order chi connectivity index (χ1) is 8.81. The molecule has 2 unspecified atom stereocenters. The first kappa shape index (κ1) is 11.7.